The molecule has 3 heterocycles. The lowest BCUT2D eigenvalue weighted by Gasteiger charge is -2.12. The highest BCUT2D eigenvalue weighted by molar-refractivity contribution is 7.99. The minimum Gasteiger partial charge on any atom is -0.465 e. The molecule has 0 aromatic carbocycles. The second-order valence-corrected chi connectivity index (χ2v) is 11.1. The van der Waals surface area contributed by atoms with Gasteiger partial charge in [0.1, 0.15) is 14.7 Å². The Kier molecular flexibility index (Phi) is 7.96. The zero-order valence-electron chi connectivity index (χ0n) is 20.1. The number of carbonyl (C=O) groups excluding carboxylic acids is 3. The summed E-state index contributed by atoms with van der Waals surface area (Å²) in [6, 6.07) is 0. The van der Waals surface area contributed by atoms with Crippen molar-refractivity contribution in [2.24, 2.45) is 0 Å². The van der Waals surface area contributed by atoms with Gasteiger partial charge in [0.2, 0.25) is 5.91 Å². The molecule has 1 aliphatic rings. The van der Waals surface area contributed by atoms with Crippen molar-refractivity contribution in [3.8, 4) is 0 Å². The molecule has 0 bridgehead atoms. The third kappa shape index (κ3) is 4.84. The van der Waals surface area contributed by atoms with Crippen LogP contribution in [0, 0.1) is 6.92 Å². The number of methoxy groups -OCH3 is 2. The number of allylic oxidation sites excluding steroid dienone is 1. The molecule has 3 aromatic rings. The van der Waals surface area contributed by atoms with Crippen molar-refractivity contribution in [2.75, 3.05) is 25.3 Å². The number of hydrogen-bond acceptors (Lipinski definition) is 10. The molecule has 0 saturated carbocycles. The lowest BCUT2D eigenvalue weighted by atomic mass is 9.97. The van der Waals surface area contributed by atoms with Crippen LogP contribution in [0.4, 0.5) is 5.00 Å². The molecule has 4 rings (SSSR count). The molecule has 9 nitrogen and oxygen atoms in total. The van der Waals surface area contributed by atoms with Crippen LogP contribution in [0.3, 0.4) is 0 Å². The highest BCUT2D eigenvalue weighted by Crippen LogP contribution is 2.36. The van der Waals surface area contributed by atoms with E-state index in [4.69, 9.17) is 14.5 Å². The molecule has 0 saturated heterocycles. The molecule has 0 fully saturated rings. The number of amides is 1. The Hall–Kier alpha value is -2.96. The van der Waals surface area contributed by atoms with Crippen LogP contribution < -0.4 is 10.9 Å². The number of hydrogen-bond donors (Lipinski definition) is 1. The van der Waals surface area contributed by atoms with Crippen LogP contribution >= 0.6 is 34.4 Å². The van der Waals surface area contributed by atoms with Gasteiger partial charge in [0.15, 0.2) is 5.16 Å². The Labute approximate surface area is 219 Å². The van der Waals surface area contributed by atoms with Gasteiger partial charge in [-0.15, -0.1) is 29.3 Å². The SMILES string of the molecule is C=CCn1c(SCC(=O)Nc2sc(C(=O)OC)c(C)c2C(=O)OC)nc2sc3c(c2c1=O)CCCC3. The van der Waals surface area contributed by atoms with Crippen molar-refractivity contribution in [1.82, 2.24) is 9.55 Å². The van der Waals surface area contributed by atoms with E-state index in [0.29, 0.717) is 20.9 Å². The van der Waals surface area contributed by atoms with Crippen LogP contribution in [-0.2, 0) is 33.7 Å². The van der Waals surface area contributed by atoms with Crippen LogP contribution in [0.1, 0.15) is 48.9 Å². The summed E-state index contributed by atoms with van der Waals surface area (Å²) in [5.41, 5.74) is 1.46. The Balaban J connectivity index is 1.61. The number of aryl methyl sites for hydroxylation is 2. The van der Waals surface area contributed by atoms with E-state index < -0.39 is 17.8 Å². The van der Waals surface area contributed by atoms with E-state index in [1.54, 1.807) is 28.9 Å². The predicted molar refractivity (Wildman–Crippen MR) is 142 cm³/mol. The normalized spacial score (nSPS) is 12.8. The number of nitrogens with one attached hydrogen (secondary N) is 1. The summed E-state index contributed by atoms with van der Waals surface area (Å²) in [6.45, 7) is 5.62. The van der Waals surface area contributed by atoms with Crippen LogP contribution in [0.25, 0.3) is 10.2 Å². The summed E-state index contributed by atoms with van der Waals surface area (Å²) >= 11 is 3.62. The average molecular weight is 548 g/mol. The molecule has 3 aromatic heterocycles. The lowest BCUT2D eigenvalue weighted by Crippen LogP contribution is -2.24. The first-order valence-electron chi connectivity index (χ1n) is 11.2. The van der Waals surface area contributed by atoms with Gasteiger partial charge in [-0.2, -0.15) is 0 Å². The van der Waals surface area contributed by atoms with E-state index >= 15 is 0 Å². The largest absolute Gasteiger partial charge is 0.465 e. The third-order valence-corrected chi connectivity index (χ3v) is 9.19. The first-order chi connectivity index (χ1) is 17.3. The molecule has 0 radical (unpaired) electrons. The number of esters is 2. The first kappa shape index (κ1) is 26.1. The predicted octanol–water partition coefficient (Wildman–Crippen LogP) is 4.20. The number of carbonyl (C=O) groups is 3. The number of thiophene rings is 2. The number of nitrogens with zero attached hydrogens (tertiary/aromatic N) is 2. The zero-order chi connectivity index (χ0) is 26.0. The van der Waals surface area contributed by atoms with E-state index in [9.17, 15) is 19.2 Å². The van der Waals surface area contributed by atoms with Gasteiger partial charge in [0.25, 0.3) is 5.56 Å². The summed E-state index contributed by atoms with van der Waals surface area (Å²) < 4.78 is 11.1. The Bertz CT molecular complexity index is 1440. The molecule has 0 spiro atoms. The Morgan fingerprint density at radius 3 is 2.58 bits per heavy atom. The summed E-state index contributed by atoms with van der Waals surface area (Å²) in [5, 5.41) is 4.00. The summed E-state index contributed by atoms with van der Waals surface area (Å²) in [7, 11) is 2.46. The van der Waals surface area contributed by atoms with Crippen LogP contribution in [-0.4, -0.2) is 47.4 Å². The molecule has 1 aliphatic carbocycles. The maximum Gasteiger partial charge on any atom is 0.348 e. The molecular formula is C24H25N3O6S3. The topological polar surface area (TPSA) is 117 Å². The number of anilines is 1. The first-order valence-corrected chi connectivity index (χ1v) is 13.8. The van der Waals surface area contributed by atoms with Crippen LogP contribution in [0.15, 0.2) is 22.6 Å². The van der Waals surface area contributed by atoms with Crippen LogP contribution in [0.5, 0.6) is 0 Å². The van der Waals surface area contributed by atoms with Gasteiger partial charge < -0.3 is 14.8 Å². The zero-order valence-corrected chi connectivity index (χ0v) is 22.5. The van der Waals surface area contributed by atoms with E-state index in [0.717, 1.165) is 54.3 Å². The number of ether oxygens (including phenoxy) is 2. The quantitative estimate of drug-likeness (QED) is 0.193. The van der Waals surface area contributed by atoms with Crippen molar-refractivity contribution in [2.45, 2.75) is 44.3 Å². The van der Waals surface area contributed by atoms with E-state index in [1.165, 1.54) is 19.1 Å². The number of fused-ring (bicyclic) bond motifs is 3. The van der Waals surface area contributed by atoms with Gasteiger partial charge in [0.05, 0.1) is 30.9 Å². The van der Waals surface area contributed by atoms with E-state index in [2.05, 4.69) is 11.9 Å². The van der Waals surface area contributed by atoms with Gasteiger partial charge in [-0.3, -0.25) is 14.2 Å². The smallest absolute Gasteiger partial charge is 0.348 e. The fraction of sp³-hybridized carbons (Fsp3) is 0.375. The standard InChI is InChI=1S/C24H25N3O6S3/c1-5-10-27-21(29)17-13-8-6-7-9-14(13)35-20(17)26-24(27)34-11-15(28)25-19-16(22(30)32-3)12(2)18(36-19)23(31)33-4/h5H,1,6-11H2,2-4H3,(H,25,28). The second kappa shape index (κ2) is 11.0. The van der Waals surface area contributed by atoms with Crippen molar-refractivity contribution >= 4 is 67.5 Å². The molecule has 1 N–H and O–H groups in total. The molecule has 0 atom stereocenters. The Morgan fingerprint density at radius 2 is 1.89 bits per heavy atom. The number of thioether (sulfide) groups is 1. The van der Waals surface area contributed by atoms with Crippen molar-refractivity contribution < 1.29 is 23.9 Å². The van der Waals surface area contributed by atoms with E-state index in [-0.39, 0.29) is 33.3 Å². The summed E-state index contributed by atoms with van der Waals surface area (Å²) in [5.74, 6) is -1.77. The Morgan fingerprint density at radius 1 is 1.17 bits per heavy atom. The summed E-state index contributed by atoms with van der Waals surface area (Å²) in [6.07, 6.45) is 5.63. The highest BCUT2D eigenvalue weighted by atomic mass is 32.2. The van der Waals surface area contributed by atoms with Gasteiger partial charge >= 0.3 is 11.9 Å². The summed E-state index contributed by atoms with van der Waals surface area (Å²) in [4.78, 5) is 57.5. The van der Waals surface area contributed by atoms with Crippen molar-refractivity contribution in [1.29, 1.82) is 0 Å². The van der Waals surface area contributed by atoms with Crippen molar-refractivity contribution in [3.63, 3.8) is 0 Å². The third-order valence-electron chi connectivity index (χ3n) is 5.84. The van der Waals surface area contributed by atoms with Gasteiger partial charge in [-0.05, 0) is 43.7 Å². The fourth-order valence-corrected chi connectivity index (χ4v) is 7.39. The molecule has 1 amide bonds. The van der Waals surface area contributed by atoms with Gasteiger partial charge in [0, 0.05) is 11.4 Å². The minimum absolute atomic E-state index is 0.0642. The van der Waals surface area contributed by atoms with E-state index in [1.807, 2.05) is 0 Å². The maximum atomic E-state index is 13.4. The molecular weight excluding hydrogens is 522 g/mol. The number of aromatic nitrogens is 2. The average Bonchev–Trinajstić information content (AvgIpc) is 3.40. The fourth-order valence-electron chi connectivity index (χ4n) is 4.15. The maximum absolute atomic E-state index is 13.4. The van der Waals surface area contributed by atoms with Gasteiger partial charge in [-0.25, -0.2) is 14.6 Å². The molecule has 36 heavy (non-hydrogen) atoms. The molecule has 190 valence electrons. The molecule has 0 aliphatic heterocycles. The second-order valence-electron chi connectivity index (χ2n) is 8.07. The van der Waals surface area contributed by atoms with Gasteiger partial charge in [-0.1, -0.05) is 17.8 Å². The molecule has 12 heteroatoms. The molecule has 0 unspecified atom stereocenters. The number of rotatable bonds is 8. The van der Waals surface area contributed by atoms with Crippen molar-refractivity contribution in [3.05, 3.63) is 49.5 Å². The highest BCUT2D eigenvalue weighted by Gasteiger charge is 2.27. The van der Waals surface area contributed by atoms with Crippen LogP contribution in [0.2, 0.25) is 0 Å². The minimum atomic E-state index is -0.671. The lowest BCUT2D eigenvalue weighted by molar-refractivity contribution is -0.113. The monoisotopic (exact) mass is 547 g/mol.